The molecule has 142 valence electrons. The third-order valence-corrected chi connectivity index (χ3v) is 4.76. The summed E-state index contributed by atoms with van der Waals surface area (Å²) < 4.78 is 10.3. The van der Waals surface area contributed by atoms with Gasteiger partial charge >= 0.3 is 6.03 Å². The van der Waals surface area contributed by atoms with Gasteiger partial charge in [-0.05, 0) is 36.6 Å². The number of urea groups is 1. The number of hydrazine groups is 1. The number of carbonyl (C=O) groups is 2. The van der Waals surface area contributed by atoms with Gasteiger partial charge in [0.25, 0.3) is 5.91 Å². The third kappa shape index (κ3) is 4.31. The van der Waals surface area contributed by atoms with Crippen molar-refractivity contribution in [3.05, 3.63) is 59.7 Å². The highest BCUT2D eigenvalue weighted by molar-refractivity contribution is 5.95. The SMILES string of the molecule is COc1ccc(C(=O)NNC(=O)NCC2(c3ccccc3)CC2)cc1OC. The Kier molecular flexibility index (Phi) is 5.49. The number of hydrogen-bond acceptors (Lipinski definition) is 4. The summed E-state index contributed by atoms with van der Waals surface area (Å²) in [5.41, 5.74) is 6.34. The van der Waals surface area contributed by atoms with Crippen LogP contribution in [-0.4, -0.2) is 32.7 Å². The van der Waals surface area contributed by atoms with Gasteiger partial charge in [-0.1, -0.05) is 30.3 Å². The van der Waals surface area contributed by atoms with Crippen LogP contribution in [-0.2, 0) is 5.41 Å². The number of methoxy groups -OCH3 is 2. The smallest absolute Gasteiger partial charge is 0.333 e. The number of amides is 3. The van der Waals surface area contributed by atoms with Crippen molar-refractivity contribution in [1.29, 1.82) is 0 Å². The number of ether oxygens (including phenoxy) is 2. The van der Waals surface area contributed by atoms with Crippen molar-refractivity contribution in [3.63, 3.8) is 0 Å². The van der Waals surface area contributed by atoms with Crippen molar-refractivity contribution in [2.24, 2.45) is 0 Å². The number of carbonyl (C=O) groups excluding carboxylic acids is 2. The van der Waals surface area contributed by atoms with Crippen molar-refractivity contribution in [2.75, 3.05) is 20.8 Å². The van der Waals surface area contributed by atoms with Crippen molar-refractivity contribution in [3.8, 4) is 11.5 Å². The lowest BCUT2D eigenvalue weighted by atomic mass is 9.96. The van der Waals surface area contributed by atoms with E-state index in [0.717, 1.165) is 12.8 Å². The molecule has 1 saturated carbocycles. The lowest BCUT2D eigenvalue weighted by Crippen LogP contribution is -2.48. The Balaban J connectivity index is 1.50. The van der Waals surface area contributed by atoms with Crippen molar-refractivity contribution >= 4 is 11.9 Å². The Morgan fingerprint density at radius 2 is 1.67 bits per heavy atom. The average Bonchev–Trinajstić information content (AvgIpc) is 3.51. The molecule has 27 heavy (non-hydrogen) atoms. The maximum atomic E-state index is 12.2. The second kappa shape index (κ2) is 7.99. The summed E-state index contributed by atoms with van der Waals surface area (Å²) in [6.45, 7) is 0.523. The summed E-state index contributed by atoms with van der Waals surface area (Å²) in [5.74, 6) is 0.513. The number of benzene rings is 2. The van der Waals surface area contributed by atoms with Gasteiger partial charge in [0.2, 0.25) is 0 Å². The van der Waals surface area contributed by atoms with E-state index < -0.39 is 11.9 Å². The molecule has 0 unspecified atom stereocenters. The molecular weight excluding hydrogens is 346 g/mol. The van der Waals surface area contributed by atoms with Crippen LogP contribution in [0.3, 0.4) is 0 Å². The molecule has 0 aromatic heterocycles. The minimum Gasteiger partial charge on any atom is -0.493 e. The van der Waals surface area contributed by atoms with Crippen LogP contribution in [0.2, 0.25) is 0 Å². The molecule has 1 aliphatic carbocycles. The monoisotopic (exact) mass is 369 g/mol. The second-order valence-corrected chi connectivity index (χ2v) is 6.48. The number of nitrogens with one attached hydrogen (secondary N) is 3. The molecule has 0 saturated heterocycles. The van der Waals surface area contributed by atoms with Crippen molar-refractivity contribution in [2.45, 2.75) is 18.3 Å². The maximum absolute atomic E-state index is 12.2. The molecule has 1 aliphatic rings. The summed E-state index contributed by atoms with van der Waals surface area (Å²) in [7, 11) is 3.01. The van der Waals surface area contributed by atoms with Crippen molar-refractivity contribution in [1.82, 2.24) is 16.2 Å². The molecule has 0 atom stereocenters. The summed E-state index contributed by atoms with van der Waals surface area (Å²) in [6.07, 6.45) is 2.07. The predicted octanol–water partition coefficient (Wildman–Crippen LogP) is 2.38. The minimum absolute atomic E-state index is 0.00591. The maximum Gasteiger partial charge on any atom is 0.333 e. The van der Waals surface area contributed by atoms with Gasteiger partial charge in [-0.2, -0.15) is 0 Å². The molecule has 2 aromatic rings. The molecule has 0 heterocycles. The van der Waals surface area contributed by atoms with Crippen LogP contribution in [0.4, 0.5) is 4.79 Å². The van der Waals surface area contributed by atoms with E-state index in [2.05, 4.69) is 28.3 Å². The molecule has 1 fully saturated rings. The zero-order valence-electron chi connectivity index (χ0n) is 15.4. The quantitative estimate of drug-likeness (QED) is 0.682. The highest BCUT2D eigenvalue weighted by Crippen LogP contribution is 2.47. The fourth-order valence-corrected chi connectivity index (χ4v) is 2.97. The van der Waals surface area contributed by atoms with Gasteiger partial charge < -0.3 is 14.8 Å². The van der Waals surface area contributed by atoms with E-state index in [1.165, 1.54) is 19.8 Å². The molecule has 3 rings (SSSR count). The van der Waals surface area contributed by atoms with E-state index in [1.54, 1.807) is 18.2 Å². The van der Waals surface area contributed by atoms with Gasteiger partial charge in [-0.25, -0.2) is 10.2 Å². The topological polar surface area (TPSA) is 88.7 Å². The lowest BCUT2D eigenvalue weighted by Gasteiger charge is -2.17. The first kappa shape index (κ1) is 18.6. The molecule has 0 spiro atoms. The Bertz CT molecular complexity index is 819. The average molecular weight is 369 g/mol. The van der Waals surface area contributed by atoms with Crippen LogP contribution in [0.5, 0.6) is 11.5 Å². The molecule has 3 N–H and O–H groups in total. The summed E-state index contributed by atoms with van der Waals surface area (Å²) in [4.78, 5) is 24.2. The van der Waals surface area contributed by atoms with E-state index >= 15 is 0 Å². The molecule has 0 bridgehead atoms. The summed E-state index contributed by atoms with van der Waals surface area (Å²) in [6, 6.07) is 14.4. The summed E-state index contributed by atoms with van der Waals surface area (Å²) in [5, 5.41) is 2.82. The Labute approximate surface area is 158 Å². The Morgan fingerprint density at radius 1 is 0.963 bits per heavy atom. The van der Waals surface area contributed by atoms with Gasteiger partial charge in [0.15, 0.2) is 11.5 Å². The van der Waals surface area contributed by atoms with Crippen LogP contribution in [0.25, 0.3) is 0 Å². The summed E-state index contributed by atoms with van der Waals surface area (Å²) >= 11 is 0. The fourth-order valence-electron chi connectivity index (χ4n) is 2.97. The standard InChI is InChI=1S/C20H23N3O4/c1-26-16-9-8-14(12-17(16)27-2)18(24)22-23-19(25)21-13-20(10-11-20)15-6-4-3-5-7-15/h3-9,12H,10-11,13H2,1-2H3,(H,22,24)(H2,21,23,25). The van der Waals surface area contributed by atoms with E-state index in [9.17, 15) is 9.59 Å². The molecular formula is C20H23N3O4. The Hall–Kier alpha value is -3.22. The molecule has 0 radical (unpaired) electrons. The first-order chi connectivity index (χ1) is 13.1. The zero-order valence-corrected chi connectivity index (χ0v) is 15.4. The molecule has 3 amide bonds. The van der Waals surface area contributed by atoms with Crippen LogP contribution in [0.15, 0.2) is 48.5 Å². The molecule has 2 aromatic carbocycles. The highest BCUT2D eigenvalue weighted by Gasteiger charge is 2.44. The first-order valence-corrected chi connectivity index (χ1v) is 8.70. The highest BCUT2D eigenvalue weighted by atomic mass is 16.5. The van der Waals surface area contributed by atoms with E-state index in [4.69, 9.17) is 9.47 Å². The van der Waals surface area contributed by atoms with E-state index in [1.807, 2.05) is 18.2 Å². The minimum atomic E-state index is -0.453. The molecule has 7 heteroatoms. The number of hydrogen-bond donors (Lipinski definition) is 3. The third-order valence-electron chi connectivity index (χ3n) is 4.76. The van der Waals surface area contributed by atoms with Crippen LogP contribution in [0.1, 0.15) is 28.8 Å². The van der Waals surface area contributed by atoms with Gasteiger partial charge in [0.05, 0.1) is 14.2 Å². The van der Waals surface area contributed by atoms with Gasteiger partial charge in [-0.3, -0.25) is 10.2 Å². The largest absolute Gasteiger partial charge is 0.493 e. The number of rotatable bonds is 6. The first-order valence-electron chi connectivity index (χ1n) is 8.70. The zero-order chi connectivity index (χ0) is 19.3. The normalized spacial score (nSPS) is 14.0. The van der Waals surface area contributed by atoms with Crippen LogP contribution >= 0.6 is 0 Å². The van der Waals surface area contributed by atoms with Gasteiger partial charge in [0, 0.05) is 17.5 Å². The van der Waals surface area contributed by atoms with E-state index in [-0.39, 0.29) is 5.41 Å². The van der Waals surface area contributed by atoms with E-state index in [0.29, 0.717) is 23.6 Å². The predicted molar refractivity (Wildman–Crippen MR) is 101 cm³/mol. The lowest BCUT2D eigenvalue weighted by molar-refractivity contribution is 0.0936. The Morgan fingerprint density at radius 3 is 2.30 bits per heavy atom. The van der Waals surface area contributed by atoms with Crippen molar-refractivity contribution < 1.29 is 19.1 Å². The van der Waals surface area contributed by atoms with Crippen LogP contribution in [0, 0.1) is 0 Å². The van der Waals surface area contributed by atoms with Crippen LogP contribution < -0.4 is 25.6 Å². The fraction of sp³-hybridized carbons (Fsp3) is 0.300. The van der Waals surface area contributed by atoms with Gasteiger partial charge in [0.1, 0.15) is 0 Å². The second-order valence-electron chi connectivity index (χ2n) is 6.48. The van der Waals surface area contributed by atoms with Gasteiger partial charge in [-0.15, -0.1) is 0 Å². The molecule has 0 aliphatic heterocycles. The molecule has 7 nitrogen and oxygen atoms in total.